The van der Waals surface area contributed by atoms with Crippen LogP contribution < -0.4 is 16.4 Å². The topological polar surface area (TPSA) is 263 Å². The molecular weight excluding hydrogens is 849 g/mol. The Morgan fingerprint density at radius 3 is 1.71 bits per heavy atom. The van der Waals surface area contributed by atoms with Crippen LogP contribution in [0.3, 0.4) is 0 Å². The van der Waals surface area contributed by atoms with E-state index in [1.807, 2.05) is 0 Å². The second kappa shape index (κ2) is 24.9. The van der Waals surface area contributed by atoms with Gasteiger partial charge in [-0.25, -0.2) is 4.79 Å². The summed E-state index contributed by atoms with van der Waals surface area (Å²) in [5, 5.41) is 55.9. The first-order valence-corrected chi connectivity index (χ1v) is 22.8. The summed E-state index contributed by atoms with van der Waals surface area (Å²) in [4.78, 5) is 87.7. The Labute approximate surface area is 387 Å². The van der Waals surface area contributed by atoms with E-state index < -0.39 is 83.8 Å². The van der Waals surface area contributed by atoms with Gasteiger partial charge in [-0.15, -0.1) is 0 Å². The van der Waals surface area contributed by atoms with Crippen LogP contribution in [0.4, 0.5) is 0 Å². The smallest absolute Gasteiger partial charge is 0.326 e. The number of aromatic hydroxyl groups is 3. The van der Waals surface area contributed by atoms with Crippen LogP contribution in [0, 0.1) is 5.92 Å². The van der Waals surface area contributed by atoms with Gasteiger partial charge >= 0.3 is 5.97 Å². The number of carboxylic acids is 1. The highest BCUT2D eigenvalue weighted by atomic mass is 16.4. The molecule has 3 aromatic carbocycles. The highest BCUT2D eigenvalue weighted by Crippen LogP contribution is 2.25. The lowest BCUT2D eigenvalue weighted by atomic mass is 9.96. The minimum Gasteiger partial charge on any atom is -0.508 e. The zero-order valence-corrected chi connectivity index (χ0v) is 38.6. The predicted molar refractivity (Wildman–Crippen MR) is 247 cm³/mol. The number of aliphatic hydroxyl groups excluding tert-OH is 1. The van der Waals surface area contributed by atoms with Crippen LogP contribution in [-0.2, 0) is 48.0 Å². The van der Waals surface area contributed by atoms with Crippen molar-refractivity contribution in [2.75, 3.05) is 20.6 Å². The average Bonchev–Trinajstić information content (AvgIpc) is 3.79. The number of hydrogen-bond acceptors (Lipinski definition) is 11. The number of likely N-dealkylation sites (tertiary alicyclic amines) is 1. The maximum Gasteiger partial charge on any atom is 0.326 e. The van der Waals surface area contributed by atoms with E-state index in [1.54, 1.807) is 50.2 Å². The molecule has 1 unspecified atom stereocenters. The van der Waals surface area contributed by atoms with Gasteiger partial charge in [-0.05, 0) is 78.3 Å². The number of aliphatic hydroxyl groups is 1. The second-order valence-corrected chi connectivity index (χ2v) is 17.7. The summed E-state index contributed by atoms with van der Waals surface area (Å²) < 4.78 is 0. The van der Waals surface area contributed by atoms with Crippen LogP contribution in [0.15, 0.2) is 72.8 Å². The zero-order valence-electron chi connectivity index (χ0n) is 38.6. The zero-order chi connectivity index (χ0) is 48.7. The predicted octanol–water partition coefficient (Wildman–Crippen LogP) is 3.24. The number of phenolic OH excluding ortho intramolecular Hbond substituents is 3. The van der Waals surface area contributed by atoms with E-state index in [-0.39, 0.29) is 49.5 Å². The SMILES string of the molecule is CCCCCCC[C@H](N)[C@H](O)C(=O)N[C@@H](Cc1ccc(O)cc1)C(=O)N(C)[C@H](C(=O)N(C)[C@@H](Cc1ccc(O)cc1)C(=O)N1CCC[C@H]1C(=O)NC(Cc1ccc(O)cc1)C(=O)O)C(C)C. The number of nitrogens with one attached hydrogen (secondary N) is 2. The van der Waals surface area contributed by atoms with Crippen molar-refractivity contribution in [1.29, 1.82) is 0 Å². The van der Waals surface area contributed by atoms with Crippen LogP contribution >= 0.6 is 0 Å². The molecule has 9 N–H and O–H groups in total. The fourth-order valence-corrected chi connectivity index (χ4v) is 8.38. The number of aliphatic carboxylic acids is 1. The van der Waals surface area contributed by atoms with Gasteiger partial charge in [-0.1, -0.05) is 89.3 Å². The molecule has 17 heteroatoms. The number of benzene rings is 3. The lowest BCUT2D eigenvalue weighted by molar-refractivity contribution is -0.153. The number of carbonyl (C=O) groups is 6. The maximum atomic E-state index is 14.9. The van der Waals surface area contributed by atoms with Gasteiger partial charge in [0, 0.05) is 45.9 Å². The van der Waals surface area contributed by atoms with Crippen molar-refractivity contribution in [3.63, 3.8) is 0 Å². The lowest BCUT2D eigenvalue weighted by Crippen LogP contribution is -2.61. The molecule has 7 atom stereocenters. The van der Waals surface area contributed by atoms with E-state index in [0.717, 1.165) is 25.7 Å². The number of carboxylic acid groups (broad SMARTS) is 1. The first-order chi connectivity index (χ1) is 31.3. The first kappa shape index (κ1) is 52.4. The molecule has 0 saturated carbocycles. The molecule has 4 rings (SSSR count). The molecule has 0 spiro atoms. The van der Waals surface area contributed by atoms with Gasteiger partial charge in [-0.3, -0.25) is 24.0 Å². The highest BCUT2D eigenvalue weighted by molar-refractivity contribution is 5.97. The normalized spacial score (nSPS) is 16.4. The molecular formula is C49H68N6O11. The Kier molecular flexibility index (Phi) is 19.8. The number of phenols is 3. The number of unbranched alkanes of at least 4 members (excludes halogenated alkanes) is 4. The van der Waals surface area contributed by atoms with Gasteiger partial charge in [-0.2, -0.15) is 0 Å². The molecule has 1 saturated heterocycles. The highest BCUT2D eigenvalue weighted by Gasteiger charge is 2.43. The van der Waals surface area contributed by atoms with E-state index in [2.05, 4.69) is 17.6 Å². The van der Waals surface area contributed by atoms with Crippen molar-refractivity contribution in [1.82, 2.24) is 25.3 Å². The molecule has 1 heterocycles. The van der Waals surface area contributed by atoms with E-state index in [4.69, 9.17) is 5.73 Å². The standard InChI is InChI=1S/C49H68N6O11/c1-6-7-8-9-10-12-37(50)43(59)45(61)51-38(27-31-14-20-34(56)21-15-31)46(62)54(5)42(30(2)3)48(64)53(4)41(29-33-18-24-36(58)25-19-33)47(63)55-26-11-13-40(55)44(60)52-39(49(65)66)28-32-16-22-35(57)23-17-32/h14-25,30,37-43,56-59H,6-13,26-29,50H2,1-5H3,(H,51,61)(H,52,60)(H,65,66)/t37-,38-,39?,40-,41-,42-,43-/m0/s1. The number of nitrogens with two attached hydrogens (primary N) is 1. The maximum absolute atomic E-state index is 14.9. The van der Waals surface area contributed by atoms with Gasteiger partial charge < -0.3 is 56.6 Å². The molecule has 0 radical (unpaired) electrons. The molecule has 1 aliphatic rings. The number of hydrogen-bond donors (Lipinski definition) is 8. The lowest BCUT2D eigenvalue weighted by Gasteiger charge is -2.39. The largest absolute Gasteiger partial charge is 0.508 e. The van der Waals surface area contributed by atoms with Crippen molar-refractivity contribution < 1.29 is 54.3 Å². The minimum absolute atomic E-state index is 0.00275. The molecule has 66 heavy (non-hydrogen) atoms. The molecule has 17 nitrogen and oxygen atoms in total. The Hall–Kier alpha value is -6.20. The molecule has 3 aromatic rings. The third kappa shape index (κ3) is 14.7. The van der Waals surface area contributed by atoms with Crippen LogP contribution in [0.5, 0.6) is 17.2 Å². The Balaban J connectivity index is 1.61. The summed E-state index contributed by atoms with van der Waals surface area (Å²) in [6, 6.07) is 11.0. The third-order valence-electron chi connectivity index (χ3n) is 12.3. The second-order valence-electron chi connectivity index (χ2n) is 17.7. The number of nitrogens with zero attached hydrogens (tertiary/aromatic N) is 3. The summed E-state index contributed by atoms with van der Waals surface area (Å²) in [6.07, 6.45) is 3.95. The first-order valence-electron chi connectivity index (χ1n) is 22.8. The molecule has 360 valence electrons. The summed E-state index contributed by atoms with van der Waals surface area (Å²) in [5.74, 6) is -5.30. The van der Waals surface area contributed by atoms with Gasteiger partial charge in [0.2, 0.25) is 23.6 Å². The summed E-state index contributed by atoms with van der Waals surface area (Å²) >= 11 is 0. The molecule has 1 fully saturated rings. The number of carbonyl (C=O) groups excluding carboxylic acids is 5. The van der Waals surface area contributed by atoms with Crippen LogP contribution in [0.25, 0.3) is 0 Å². The molecule has 0 aliphatic carbocycles. The van der Waals surface area contributed by atoms with Gasteiger partial charge in [0.1, 0.15) is 53.6 Å². The summed E-state index contributed by atoms with van der Waals surface area (Å²) in [5.41, 5.74) is 7.94. The molecule has 0 bridgehead atoms. The fourth-order valence-electron chi connectivity index (χ4n) is 8.38. The van der Waals surface area contributed by atoms with Crippen LogP contribution in [-0.4, -0.2) is 139 Å². The Morgan fingerprint density at radius 2 is 1.21 bits per heavy atom. The fraction of sp³-hybridized carbons (Fsp3) is 0.510. The number of likely N-dealkylation sites (N-methyl/N-ethyl adjacent to an activating group) is 2. The van der Waals surface area contributed by atoms with E-state index in [1.165, 1.54) is 65.2 Å². The van der Waals surface area contributed by atoms with Gasteiger partial charge in [0.05, 0.1) is 0 Å². The van der Waals surface area contributed by atoms with Crippen molar-refractivity contribution in [2.45, 2.75) is 134 Å². The van der Waals surface area contributed by atoms with Crippen molar-refractivity contribution >= 4 is 35.5 Å². The summed E-state index contributed by atoms with van der Waals surface area (Å²) in [7, 11) is 2.85. The monoisotopic (exact) mass is 916 g/mol. The third-order valence-corrected chi connectivity index (χ3v) is 12.3. The minimum atomic E-state index is -1.62. The number of rotatable bonds is 24. The Bertz CT molecular complexity index is 2080. The van der Waals surface area contributed by atoms with E-state index >= 15 is 0 Å². The average molecular weight is 917 g/mol. The van der Waals surface area contributed by atoms with E-state index in [9.17, 15) is 54.3 Å². The van der Waals surface area contributed by atoms with Gasteiger partial charge in [0.15, 0.2) is 0 Å². The van der Waals surface area contributed by atoms with Crippen LogP contribution in [0.1, 0.15) is 88.8 Å². The Morgan fingerprint density at radius 1 is 0.712 bits per heavy atom. The van der Waals surface area contributed by atoms with Gasteiger partial charge in [0.25, 0.3) is 5.91 Å². The molecule has 5 amide bonds. The molecule has 0 aromatic heterocycles. The summed E-state index contributed by atoms with van der Waals surface area (Å²) in [6.45, 7) is 5.69. The van der Waals surface area contributed by atoms with E-state index in [0.29, 0.717) is 36.0 Å². The number of amides is 5. The van der Waals surface area contributed by atoms with Crippen molar-refractivity contribution in [3.8, 4) is 17.2 Å². The van der Waals surface area contributed by atoms with Crippen LogP contribution in [0.2, 0.25) is 0 Å². The van der Waals surface area contributed by atoms with Crippen molar-refractivity contribution in [2.24, 2.45) is 11.7 Å². The van der Waals surface area contributed by atoms with Crippen molar-refractivity contribution in [3.05, 3.63) is 89.5 Å². The molecule has 1 aliphatic heterocycles. The quantitative estimate of drug-likeness (QED) is 0.0603.